The van der Waals surface area contributed by atoms with Gasteiger partial charge in [-0.1, -0.05) is 54.6 Å². The fraction of sp³-hybridized carbons (Fsp3) is 0.231. The lowest BCUT2D eigenvalue weighted by Gasteiger charge is -2.21. The molecule has 2 atom stereocenters. The zero-order valence-electron chi connectivity index (χ0n) is 19.8. The minimum absolute atomic E-state index is 0.0862. The van der Waals surface area contributed by atoms with Crippen molar-refractivity contribution in [2.75, 3.05) is 0 Å². The summed E-state index contributed by atoms with van der Waals surface area (Å²) in [4.78, 5) is 48.0. The second-order valence-electron chi connectivity index (χ2n) is 8.32. The maximum atomic E-state index is 13.3. The minimum atomic E-state index is -5.40. The highest BCUT2D eigenvalue weighted by molar-refractivity contribution is 5.94. The van der Waals surface area contributed by atoms with Gasteiger partial charge in [0.25, 0.3) is 0 Å². The number of fused-ring (bicyclic) bond motifs is 1. The zero-order chi connectivity index (χ0) is 27.9. The number of alkyl halides is 3. The Morgan fingerprint density at radius 2 is 1.55 bits per heavy atom. The predicted molar refractivity (Wildman–Crippen MR) is 128 cm³/mol. The lowest BCUT2D eigenvalue weighted by molar-refractivity contribution is -0.202. The van der Waals surface area contributed by atoms with Gasteiger partial charge >= 0.3 is 18.1 Å². The summed E-state index contributed by atoms with van der Waals surface area (Å²) in [7, 11) is 0. The average molecular weight is 533 g/mol. The van der Waals surface area contributed by atoms with E-state index in [1.807, 2.05) is 42.5 Å². The number of halogens is 4. The van der Waals surface area contributed by atoms with Crippen LogP contribution in [0.4, 0.5) is 17.6 Å². The number of nitrogens with one attached hydrogen (secondary N) is 2. The van der Waals surface area contributed by atoms with Gasteiger partial charge in [-0.2, -0.15) is 13.2 Å². The Morgan fingerprint density at radius 3 is 2.24 bits per heavy atom. The van der Waals surface area contributed by atoms with E-state index in [1.165, 1.54) is 24.3 Å². The standard InChI is InChI=1S/C26H23F4N3O5/c27-18-10-8-15(9-11-18)12-21(33-23(35)20(31)13-22(34)38-25(37)26(28,29)30)24(36)32-14-17-6-3-5-16-4-1-2-7-19(16)17/h1-11,20-21H,12-14,31H2,(H,32,36)(H,33,35)/t20?,21-/m0/s1. The third-order valence-corrected chi connectivity index (χ3v) is 5.48. The number of hydrogen-bond donors (Lipinski definition) is 3. The lowest BCUT2D eigenvalue weighted by Crippen LogP contribution is -2.53. The molecule has 0 aliphatic heterocycles. The molecule has 2 amide bonds. The van der Waals surface area contributed by atoms with Crippen molar-refractivity contribution in [2.45, 2.75) is 37.6 Å². The summed E-state index contributed by atoms with van der Waals surface area (Å²) in [6.07, 6.45) is -6.53. The van der Waals surface area contributed by atoms with Crippen LogP contribution in [0.2, 0.25) is 0 Å². The van der Waals surface area contributed by atoms with Crippen LogP contribution in [0.25, 0.3) is 10.8 Å². The number of rotatable bonds is 9. The summed E-state index contributed by atoms with van der Waals surface area (Å²) in [5, 5.41) is 6.94. The number of ether oxygens (including phenoxy) is 1. The Bertz CT molecular complexity index is 1320. The number of carbonyl (C=O) groups excluding carboxylic acids is 4. The molecule has 1 unspecified atom stereocenters. The van der Waals surface area contributed by atoms with E-state index < -0.39 is 54.3 Å². The monoisotopic (exact) mass is 533 g/mol. The molecule has 0 spiro atoms. The largest absolute Gasteiger partial charge is 0.491 e. The van der Waals surface area contributed by atoms with E-state index in [0.29, 0.717) is 5.56 Å². The molecule has 4 N–H and O–H groups in total. The maximum Gasteiger partial charge on any atom is 0.491 e. The van der Waals surface area contributed by atoms with Crippen LogP contribution in [0.1, 0.15) is 17.5 Å². The van der Waals surface area contributed by atoms with Gasteiger partial charge in [0.15, 0.2) is 0 Å². The van der Waals surface area contributed by atoms with Crippen LogP contribution in [0.5, 0.6) is 0 Å². The van der Waals surface area contributed by atoms with Crippen molar-refractivity contribution in [3.8, 4) is 0 Å². The number of benzene rings is 3. The highest BCUT2D eigenvalue weighted by Gasteiger charge is 2.42. The third-order valence-electron chi connectivity index (χ3n) is 5.48. The minimum Gasteiger partial charge on any atom is -0.386 e. The van der Waals surface area contributed by atoms with E-state index in [9.17, 15) is 36.7 Å². The fourth-order valence-corrected chi connectivity index (χ4v) is 3.57. The molecule has 3 rings (SSSR count). The molecule has 8 nitrogen and oxygen atoms in total. The van der Waals surface area contributed by atoms with Crippen molar-refractivity contribution < 1.29 is 41.5 Å². The molecule has 0 radical (unpaired) electrons. The summed E-state index contributed by atoms with van der Waals surface area (Å²) in [5.41, 5.74) is 6.89. The van der Waals surface area contributed by atoms with E-state index in [1.54, 1.807) is 0 Å². The Morgan fingerprint density at radius 1 is 0.895 bits per heavy atom. The van der Waals surface area contributed by atoms with Crippen LogP contribution in [0, 0.1) is 5.82 Å². The molecule has 0 saturated heterocycles. The van der Waals surface area contributed by atoms with Crippen LogP contribution >= 0.6 is 0 Å². The predicted octanol–water partition coefficient (Wildman–Crippen LogP) is 2.67. The number of nitrogens with two attached hydrogens (primary N) is 1. The zero-order valence-corrected chi connectivity index (χ0v) is 19.8. The van der Waals surface area contributed by atoms with Crippen LogP contribution in [-0.2, 0) is 36.9 Å². The molecule has 12 heteroatoms. The number of amides is 2. The smallest absolute Gasteiger partial charge is 0.386 e. The van der Waals surface area contributed by atoms with Gasteiger partial charge in [0, 0.05) is 13.0 Å². The molecule has 3 aromatic carbocycles. The summed E-state index contributed by atoms with van der Waals surface area (Å²) >= 11 is 0. The van der Waals surface area contributed by atoms with Crippen molar-refractivity contribution in [3.05, 3.63) is 83.7 Å². The fourth-order valence-electron chi connectivity index (χ4n) is 3.57. The molecule has 0 bridgehead atoms. The van der Waals surface area contributed by atoms with Crippen molar-refractivity contribution in [1.82, 2.24) is 10.6 Å². The number of esters is 2. The van der Waals surface area contributed by atoms with E-state index in [0.717, 1.165) is 16.3 Å². The van der Waals surface area contributed by atoms with Crippen molar-refractivity contribution in [1.29, 1.82) is 0 Å². The molecule has 0 heterocycles. The first-order valence-electron chi connectivity index (χ1n) is 11.3. The van der Waals surface area contributed by atoms with Crippen LogP contribution < -0.4 is 16.4 Å². The highest BCUT2D eigenvalue weighted by Crippen LogP contribution is 2.19. The van der Waals surface area contributed by atoms with Gasteiger partial charge < -0.3 is 21.1 Å². The number of hydrogen-bond acceptors (Lipinski definition) is 6. The topological polar surface area (TPSA) is 128 Å². The SMILES string of the molecule is NC(CC(=O)OC(=O)C(F)(F)F)C(=O)N[C@@H](Cc1ccc(F)cc1)C(=O)NCc1cccc2ccccc12. The molecule has 200 valence electrons. The first kappa shape index (κ1) is 28.3. The molecule has 0 aliphatic carbocycles. The van der Waals surface area contributed by atoms with Crippen molar-refractivity contribution in [3.63, 3.8) is 0 Å². The molecule has 0 aromatic heterocycles. The molecule has 38 heavy (non-hydrogen) atoms. The average Bonchev–Trinajstić information content (AvgIpc) is 2.87. The molecular weight excluding hydrogens is 510 g/mol. The van der Waals surface area contributed by atoms with Gasteiger partial charge in [0.2, 0.25) is 11.8 Å². The van der Waals surface area contributed by atoms with Gasteiger partial charge in [-0.05, 0) is 34.0 Å². The van der Waals surface area contributed by atoms with Gasteiger partial charge in [0.05, 0.1) is 12.5 Å². The Hall–Kier alpha value is -4.32. The summed E-state index contributed by atoms with van der Waals surface area (Å²) < 4.78 is 53.8. The second kappa shape index (κ2) is 12.3. The van der Waals surface area contributed by atoms with Gasteiger partial charge in [-0.15, -0.1) is 0 Å². The molecule has 0 aliphatic rings. The third kappa shape index (κ3) is 7.84. The second-order valence-corrected chi connectivity index (χ2v) is 8.32. The Balaban J connectivity index is 1.69. The van der Waals surface area contributed by atoms with Crippen LogP contribution in [0.3, 0.4) is 0 Å². The van der Waals surface area contributed by atoms with Gasteiger partial charge in [-0.25, -0.2) is 9.18 Å². The molecule has 3 aromatic rings. The lowest BCUT2D eigenvalue weighted by atomic mass is 10.0. The first-order valence-corrected chi connectivity index (χ1v) is 11.3. The van der Waals surface area contributed by atoms with Crippen LogP contribution in [-0.4, -0.2) is 42.0 Å². The summed E-state index contributed by atoms with van der Waals surface area (Å²) in [5.74, 6) is -6.59. The van der Waals surface area contributed by atoms with E-state index in [4.69, 9.17) is 5.73 Å². The number of carbonyl (C=O) groups is 4. The van der Waals surface area contributed by atoms with E-state index in [-0.39, 0.29) is 13.0 Å². The molecule has 0 fully saturated rings. The Kier molecular flexibility index (Phi) is 9.13. The van der Waals surface area contributed by atoms with E-state index >= 15 is 0 Å². The quantitative estimate of drug-likeness (QED) is 0.221. The highest BCUT2D eigenvalue weighted by atomic mass is 19.4. The summed E-state index contributed by atoms with van der Waals surface area (Å²) in [6, 6.07) is 15.3. The van der Waals surface area contributed by atoms with Crippen LogP contribution in [0.15, 0.2) is 66.7 Å². The maximum absolute atomic E-state index is 13.3. The van der Waals surface area contributed by atoms with E-state index in [2.05, 4.69) is 15.4 Å². The van der Waals surface area contributed by atoms with Crippen molar-refractivity contribution >= 4 is 34.5 Å². The van der Waals surface area contributed by atoms with Gasteiger partial charge in [-0.3, -0.25) is 14.4 Å². The normalized spacial score (nSPS) is 12.9. The molecule has 0 saturated carbocycles. The molecular formula is C26H23F4N3O5. The van der Waals surface area contributed by atoms with Gasteiger partial charge in [0.1, 0.15) is 11.9 Å². The first-order chi connectivity index (χ1) is 17.9. The Labute approximate surface area is 214 Å². The van der Waals surface area contributed by atoms with Crippen molar-refractivity contribution in [2.24, 2.45) is 5.73 Å². The summed E-state index contributed by atoms with van der Waals surface area (Å²) in [6.45, 7) is 0.105.